The summed E-state index contributed by atoms with van der Waals surface area (Å²) in [5.74, 6) is 0. The molecule has 0 saturated heterocycles. The fourth-order valence-corrected chi connectivity index (χ4v) is 0. The van der Waals surface area contributed by atoms with Crippen molar-refractivity contribution < 1.29 is 36.0 Å². The predicted octanol–water partition coefficient (Wildman–Crippen LogP) is -0.0483. The third kappa shape index (κ3) is 24.2. The van der Waals surface area contributed by atoms with Crippen LogP contribution in [-0.2, 0) is 33.1 Å². The van der Waals surface area contributed by atoms with Gasteiger partial charge in [-0.05, 0) is 0 Å². The maximum absolute atomic E-state index is 4.21. The Bertz CT molecular complexity index is 20.0. The van der Waals surface area contributed by atoms with Crippen LogP contribution in [0.5, 0.6) is 0 Å². The number of hydrogen-bond donors (Lipinski definition) is 0. The molecule has 0 unspecified atom stereocenters. The molecule has 0 bridgehead atoms. The van der Waals surface area contributed by atoms with Crippen molar-refractivity contribution in [3.63, 3.8) is 0 Å². The fraction of sp³-hybridized carbons (Fsp3) is 0. The van der Waals surface area contributed by atoms with Crippen LogP contribution in [-0.4, -0.2) is 74.7 Å². The van der Waals surface area contributed by atoms with Crippen LogP contribution in [0.25, 0.3) is 0 Å². The molecule has 0 heterocycles. The molecule has 0 fully saturated rings. The van der Waals surface area contributed by atoms with Crippen molar-refractivity contribution in [2.24, 2.45) is 0 Å². The molecule has 6 heteroatoms. The standard InChI is InChI=1S/Ba.In.2S.2Zn.5H/q+2;;;;;;;;;2*-1. The third-order valence-corrected chi connectivity index (χ3v) is 0. The van der Waals surface area contributed by atoms with Gasteiger partial charge in [-0.3, -0.25) is 0 Å². The van der Waals surface area contributed by atoms with Crippen molar-refractivity contribution in [3.05, 3.63) is 0 Å². The Balaban J connectivity index is -0.00000000167. The Morgan fingerprint density at radius 1 is 1.00 bits per heavy atom. The van der Waals surface area contributed by atoms with Crippen molar-refractivity contribution in [1.82, 2.24) is 0 Å². The zero-order valence-electron chi connectivity index (χ0n) is 4.94. The Morgan fingerprint density at radius 3 is 1.00 bits per heavy atom. The van der Waals surface area contributed by atoms with Crippen molar-refractivity contribution in [1.29, 1.82) is 0 Å². The summed E-state index contributed by atoms with van der Waals surface area (Å²) in [6.45, 7) is 0. The van der Waals surface area contributed by atoms with Gasteiger partial charge in [0.25, 0.3) is 0 Å². The van der Waals surface area contributed by atoms with Crippen LogP contribution < -0.4 is 0 Å². The molecule has 0 amide bonds. The van der Waals surface area contributed by atoms with E-state index in [2.05, 4.69) is 20.2 Å². The van der Waals surface area contributed by atoms with Crippen LogP contribution in [0.4, 0.5) is 0 Å². The molecule has 0 atom stereocenters. The van der Waals surface area contributed by atoms with E-state index >= 15 is 0 Å². The first-order chi connectivity index (χ1) is 2.00. The van der Waals surface area contributed by atoms with Gasteiger partial charge in [0, 0.05) is 0 Å². The van der Waals surface area contributed by atoms with E-state index in [-0.39, 0.29) is 77.6 Å². The molecular formula is H5BaInS2Zn2. The molecule has 0 nitrogen and oxygen atoms in total. The summed E-state index contributed by atoms with van der Waals surface area (Å²) in [5.41, 5.74) is 0. The molecule has 0 rings (SSSR count). The molecule has 0 aliphatic carbocycles. The minimum atomic E-state index is 0. The Morgan fingerprint density at radius 2 is 1.00 bits per heavy atom. The topological polar surface area (TPSA) is 0 Å². The van der Waals surface area contributed by atoms with Gasteiger partial charge in [-0.1, -0.05) is 0 Å². The van der Waals surface area contributed by atoms with E-state index in [1.165, 1.54) is 0 Å². The summed E-state index contributed by atoms with van der Waals surface area (Å²) >= 11 is 1.92. The Labute approximate surface area is 127 Å². The number of rotatable bonds is 0. The number of hydrogen-bond acceptors (Lipinski definition) is 2. The van der Waals surface area contributed by atoms with Crippen LogP contribution in [0.15, 0.2) is 0 Å². The molecule has 0 radical (unpaired) electrons. The van der Waals surface area contributed by atoms with Crippen LogP contribution in [0.1, 0.15) is 2.85 Å². The van der Waals surface area contributed by atoms with E-state index in [1.54, 1.807) is 0 Å². The first-order valence-electron chi connectivity index (χ1n) is 0.577. The Kier molecular flexibility index (Phi) is 133. The van der Waals surface area contributed by atoms with E-state index in [4.69, 9.17) is 0 Å². The monoisotopic (exact) mass is 450 g/mol. The molecule has 0 aromatic carbocycles. The summed E-state index contributed by atoms with van der Waals surface area (Å²) in [6, 6.07) is 0. The molecule has 26 valence electrons. The Hall–Kier alpha value is 4.13. The first-order valence-corrected chi connectivity index (χ1v) is 9.00. The zero-order valence-corrected chi connectivity index (χ0v) is 14.9. The predicted molar refractivity (Wildman–Crippen MR) is 33.1 cm³/mol. The fourth-order valence-electron chi connectivity index (χ4n) is 0. The summed E-state index contributed by atoms with van der Waals surface area (Å²) in [7, 11) is 8.42. The van der Waals surface area contributed by atoms with Crippen molar-refractivity contribution in [3.8, 4) is 0 Å². The van der Waals surface area contributed by atoms with Gasteiger partial charge >= 0.3 is 128 Å². The van der Waals surface area contributed by atoms with E-state index < -0.39 is 0 Å². The van der Waals surface area contributed by atoms with Gasteiger partial charge in [0.05, 0.1) is 0 Å². The molecule has 0 N–H and O–H groups in total. The summed E-state index contributed by atoms with van der Waals surface area (Å²) < 4.78 is 0. The van der Waals surface area contributed by atoms with E-state index in [1.807, 2.05) is 0 Å². The average Bonchev–Trinajstić information content (AvgIpc) is 1.50. The van der Waals surface area contributed by atoms with Crippen LogP contribution in [0.2, 0.25) is 0 Å². The maximum atomic E-state index is 4.21. The molecule has 0 aliphatic rings. The van der Waals surface area contributed by atoms with Gasteiger partial charge in [-0.15, -0.1) is 0 Å². The molecule has 0 aromatic heterocycles. The summed E-state index contributed by atoms with van der Waals surface area (Å²) in [5, 5.41) is 0. The minimum absolute atomic E-state index is 0. The quantitative estimate of drug-likeness (QED) is 0.474. The normalized spacial score (nSPS) is 2.00. The second-order valence-electron chi connectivity index (χ2n) is 0. The van der Waals surface area contributed by atoms with Crippen LogP contribution >= 0.6 is 20.2 Å². The summed E-state index contributed by atoms with van der Waals surface area (Å²) in [6.07, 6.45) is 0. The zero-order chi connectivity index (χ0) is 4.00. The average molecular weight is 452 g/mol. The molecular weight excluding hydrogens is 447 g/mol. The van der Waals surface area contributed by atoms with Crippen LogP contribution in [0.3, 0.4) is 0 Å². The van der Waals surface area contributed by atoms with Gasteiger partial charge in [-0.25, -0.2) is 0 Å². The molecule has 6 heavy (non-hydrogen) atoms. The van der Waals surface area contributed by atoms with Gasteiger partial charge in [-0.2, -0.15) is 0 Å². The van der Waals surface area contributed by atoms with Crippen molar-refractivity contribution >= 4 is 95.0 Å². The van der Waals surface area contributed by atoms with Crippen molar-refractivity contribution in [2.75, 3.05) is 0 Å². The van der Waals surface area contributed by atoms with E-state index in [0.29, 0.717) is 0 Å². The SMILES string of the molecule is [Ba+2].[H-].[H-].[InH3].[S]=[Zn].[S]=[Zn]. The second-order valence-corrected chi connectivity index (χ2v) is 0. The van der Waals surface area contributed by atoms with Gasteiger partial charge in [0.2, 0.25) is 0 Å². The second kappa shape index (κ2) is 35.4. The molecule has 0 aromatic rings. The van der Waals surface area contributed by atoms with E-state index in [9.17, 15) is 0 Å². The molecule has 0 saturated carbocycles. The van der Waals surface area contributed by atoms with Crippen molar-refractivity contribution in [2.45, 2.75) is 0 Å². The van der Waals surface area contributed by atoms with Gasteiger partial charge < -0.3 is 2.85 Å². The molecule has 0 aliphatic heterocycles. The van der Waals surface area contributed by atoms with E-state index in [0.717, 1.165) is 33.1 Å². The first kappa shape index (κ1) is 22.5. The molecule has 0 spiro atoms. The van der Waals surface area contributed by atoms with Gasteiger partial charge in [0.15, 0.2) is 0 Å². The van der Waals surface area contributed by atoms with Crippen LogP contribution in [0, 0.1) is 0 Å². The summed E-state index contributed by atoms with van der Waals surface area (Å²) in [4.78, 5) is 0. The third-order valence-electron chi connectivity index (χ3n) is 0. The van der Waals surface area contributed by atoms with Gasteiger partial charge in [0.1, 0.15) is 0 Å².